The molecule has 2 N–H and O–H groups in total. The number of rotatable bonds is 6. The van der Waals surface area contributed by atoms with E-state index in [4.69, 9.17) is 9.47 Å². The quantitative estimate of drug-likeness (QED) is 0.677. The van der Waals surface area contributed by atoms with E-state index in [2.05, 4.69) is 10.6 Å². The highest BCUT2D eigenvalue weighted by Crippen LogP contribution is 2.11. The highest BCUT2D eigenvalue weighted by molar-refractivity contribution is 5.76. The highest BCUT2D eigenvalue weighted by Gasteiger charge is 2.17. The first-order valence-electron chi connectivity index (χ1n) is 7.04. The number of hydrogen-bond acceptors (Lipinski definition) is 4. The van der Waals surface area contributed by atoms with E-state index in [1.807, 2.05) is 0 Å². The van der Waals surface area contributed by atoms with E-state index in [0.29, 0.717) is 25.7 Å². The third-order valence-electron chi connectivity index (χ3n) is 3.46. The fraction of sp³-hybridized carbons (Fsp3) is 0.923. The maximum Gasteiger partial charge on any atom is 0.222 e. The summed E-state index contributed by atoms with van der Waals surface area (Å²) in [6, 6.07) is 0.296. The van der Waals surface area contributed by atoms with Crippen molar-refractivity contribution < 1.29 is 14.3 Å². The van der Waals surface area contributed by atoms with E-state index in [0.717, 1.165) is 45.4 Å². The molecule has 104 valence electrons. The second kappa shape index (κ2) is 7.71. The van der Waals surface area contributed by atoms with Crippen molar-refractivity contribution in [3.05, 3.63) is 0 Å². The average molecular weight is 256 g/mol. The van der Waals surface area contributed by atoms with Gasteiger partial charge in [0.15, 0.2) is 0 Å². The molecular formula is C13H24N2O3. The zero-order valence-electron chi connectivity index (χ0n) is 11.0. The molecule has 2 aliphatic heterocycles. The molecule has 2 saturated heterocycles. The second-order valence-corrected chi connectivity index (χ2v) is 5.07. The van der Waals surface area contributed by atoms with Gasteiger partial charge in [-0.1, -0.05) is 0 Å². The lowest BCUT2D eigenvalue weighted by Crippen LogP contribution is -2.45. The minimum atomic E-state index is 0.0936. The van der Waals surface area contributed by atoms with Crippen LogP contribution in [0.3, 0.4) is 0 Å². The summed E-state index contributed by atoms with van der Waals surface area (Å²) in [7, 11) is 0. The lowest BCUT2D eigenvalue weighted by atomic mass is 10.1. The molecule has 5 nitrogen and oxygen atoms in total. The zero-order chi connectivity index (χ0) is 12.6. The fourth-order valence-electron chi connectivity index (χ4n) is 2.43. The molecule has 0 aromatic heterocycles. The smallest absolute Gasteiger partial charge is 0.222 e. The summed E-state index contributed by atoms with van der Waals surface area (Å²) in [6.45, 7) is 3.92. The van der Waals surface area contributed by atoms with E-state index in [1.54, 1.807) is 0 Å². The zero-order valence-corrected chi connectivity index (χ0v) is 11.0. The second-order valence-electron chi connectivity index (χ2n) is 5.07. The lowest BCUT2D eigenvalue weighted by Gasteiger charge is -2.23. The molecule has 0 aromatic carbocycles. The van der Waals surface area contributed by atoms with E-state index in [-0.39, 0.29) is 12.0 Å². The van der Waals surface area contributed by atoms with Gasteiger partial charge in [0.25, 0.3) is 0 Å². The van der Waals surface area contributed by atoms with Crippen LogP contribution in [0.25, 0.3) is 0 Å². The molecule has 2 rings (SSSR count). The fourth-order valence-corrected chi connectivity index (χ4v) is 2.43. The minimum Gasteiger partial charge on any atom is -0.378 e. The van der Waals surface area contributed by atoms with Gasteiger partial charge in [-0.3, -0.25) is 4.79 Å². The largest absolute Gasteiger partial charge is 0.378 e. The number of carbonyl (C=O) groups excluding carboxylic acids is 1. The first-order valence-corrected chi connectivity index (χ1v) is 7.04. The topological polar surface area (TPSA) is 59.6 Å². The van der Waals surface area contributed by atoms with Crippen molar-refractivity contribution in [3.63, 3.8) is 0 Å². The Hall–Kier alpha value is -0.650. The molecule has 2 atom stereocenters. The molecule has 2 heterocycles. The number of piperidine rings is 1. The average Bonchev–Trinajstić information content (AvgIpc) is 2.89. The van der Waals surface area contributed by atoms with Crippen LogP contribution in [-0.2, 0) is 14.3 Å². The lowest BCUT2D eigenvalue weighted by molar-refractivity contribution is -0.123. The molecule has 0 bridgehead atoms. The standard InChI is InChI=1S/C13H24N2O3/c16-13(15-11-3-1-6-14-9-11)5-8-17-10-12-4-2-7-18-12/h11-12,14H,1-10H2,(H,15,16). The van der Waals surface area contributed by atoms with Gasteiger partial charge >= 0.3 is 0 Å². The van der Waals surface area contributed by atoms with Crippen LogP contribution in [0, 0.1) is 0 Å². The van der Waals surface area contributed by atoms with Crippen LogP contribution in [-0.4, -0.2) is 51.0 Å². The van der Waals surface area contributed by atoms with Crippen LogP contribution in [0.1, 0.15) is 32.1 Å². The molecule has 5 heteroatoms. The summed E-state index contributed by atoms with van der Waals surface area (Å²) in [4.78, 5) is 11.7. The SMILES string of the molecule is O=C(CCOCC1CCCO1)NC1CCCNC1. The summed E-state index contributed by atoms with van der Waals surface area (Å²) < 4.78 is 10.9. The van der Waals surface area contributed by atoms with E-state index >= 15 is 0 Å². The third kappa shape index (κ3) is 4.92. The number of ether oxygens (including phenoxy) is 2. The Bertz CT molecular complexity index is 249. The van der Waals surface area contributed by atoms with Crippen molar-refractivity contribution >= 4 is 5.91 Å². The molecule has 0 radical (unpaired) electrons. The van der Waals surface area contributed by atoms with E-state index in [1.165, 1.54) is 0 Å². The third-order valence-corrected chi connectivity index (χ3v) is 3.46. The van der Waals surface area contributed by atoms with Crippen LogP contribution in [0.5, 0.6) is 0 Å². The van der Waals surface area contributed by atoms with Gasteiger partial charge in [0.1, 0.15) is 0 Å². The van der Waals surface area contributed by atoms with Crippen LogP contribution in [0.4, 0.5) is 0 Å². The Morgan fingerprint density at radius 3 is 3.06 bits per heavy atom. The van der Waals surface area contributed by atoms with Crippen molar-refractivity contribution in [1.82, 2.24) is 10.6 Å². The molecule has 18 heavy (non-hydrogen) atoms. The van der Waals surface area contributed by atoms with Crippen molar-refractivity contribution in [2.75, 3.05) is 32.9 Å². The van der Waals surface area contributed by atoms with Gasteiger partial charge in [0, 0.05) is 25.6 Å². The van der Waals surface area contributed by atoms with Crippen LogP contribution in [0.15, 0.2) is 0 Å². The Morgan fingerprint density at radius 1 is 1.39 bits per heavy atom. The molecule has 2 aliphatic rings. The summed E-state index contributed by atoms with van der Waals surface area (Å²) >= 11 is 0. The molecule has 0 saturated carbocycles. The molecule has 1 amide bonds. The number of carbonyl (C=O) groups is 1. The molecular weight excluding hydrogens is 232 g/mol. The van der Waals surface area contributed by atoms with Crippen LogP contribution in [0.2, 0.25) is 0 Å². The Labute approximate surface area is 109 Å². The molecule has 2 unspecified atom stereocenters. The van der Waals surface area contributed by atoms with Crippen LogP contribution < -0.4 is 10.6 Å². The van der Waals surface area contributed by atoms with Crippen molar-refractivity contribution in [3.8, 4) is 0 Å². The van der Waals surface area contributed by atoms with Gasteiger partial charge in [-0.15, -0.1) is 0 Å². The van der Waals surface area contributed by atoms with E-state index in [9.17, 15) is 4.79 Å². The number of hydrogen-bond donors (Lipinski definition) is 2. The van der Waals surface area contributed by atoms with Gasteiger partial charge in [-0.25, -0.2) is 0 Å². The molecule has 0 aromatic rings. The molecule has 2 fully saturated rings. The van der Waals surface area contributed by atoms with E-state index < -0.39 is 0 Å². The monoisotopic (exact) mass is 256 g/mol. The van der Waals surface area contributed by atoms with Crippen LogP contribution >= 0.6 is 0 Å². The Balaban J connectivity index is 1.48. The predicted octanol–water partition coefficient (Wildman–Crippen LogP) is 0.440. The van der Waals surface area contributed by atoms with Gasteiger partial charge < -0.3 is 20.1 Å². The summed E-state index contributed by atoms with van der Waals surface area (Å²) in [5.41, 5.74) is 0. The summed E-state index contributed by atoms with van der Waals surface area (Å²) in [6.07, 6.45) is 5.12. The number of amides is 1. The predicted molar refractivity (Wildman–Crippen MR) is 68.4 cm³/mol. The van der Waals surface area contributed by atoms with Crippen molar-refractivity contribution in [1.29, 1.82) is 0 Å². The molecule has 0 spiro atoms. The van der Waals surface area contributed by atoms with Gasteiger partial charge in [0.2, 0.25) is 5.91 Å². The Kier molecular flexibility index (Phi) is 5.90. The number of nitrogens with one attached hydrogen (secondary N) is 2. The van der Waals surface area contributed by atoms with Crippen molar-refractivity contribution in [2.45, 2.75) is 44.2 Å². The maximum absolute atomic E-state index is 11.7. The van der Waals surface area contributed by atoms with Gasteiger partial charge in [0.05, 0.1) is 19.3 Å². The van der Waals surface area contributed by atoms with Gasteiger partial charge in [-0.05, 0) is 32.2 Å². The van der Waals surface area contributed by atoms with Gasteiger partial charge in [-0.2, -0.15) is 0 Å². The molecule has 0 aliphatic carbocycles. The summed E-state index contributed by atoms with van der Waals surface area (Å²) in [5.74, 6) is 0.0936. The Morgan fingerprint density at radius 2 is 2.33 bits per heavy atom. The highest BCUT2D eigenvalue weighted by atomic mass is 16.5. The first-order chi connectivity index (χ1) is 8.84. The maximum atomic E-state index is 11.7. The summed E-state index contributed by atoms with van der Waals surface area (Å²) in [5, 5.41) is 6.32. The minimum absolute atomic E-state index is 0.0936. The van der Waals surface area contributed by atoms with Crippen molar-refractivity contribution in [2.24, 2.45) is 0 Å². The first kappa shape index (κ1) is 13.8. The normalized spacial score (nSPS) is 28.2.